The number of imide groups is 2. The largest absolute Gasteiger partial charge is 0.484 e. The zero-order valence-electron chi connectivity index (χ0n) is 14.5. The molecule has 2 heterocycles. The number of carbonyl (C=O) groups is 3. The van der Waals surface area contributed by atoms with E-state index in [2.05, 4.69) is 0 Å². The molecule has 1 spiro atoms. The molecular weight excluding hydrogens is 332 g/mol. The molecule has 132 valence electrons. The maximum Gasteiger partial charge on any atom is 0.332 e. The normalized spacial score (nSPS) is 21.6. The first-order valence-corrected chi connectivity index (χ1v) is 8.36. The van der Waals surface area contributed by atoms with E-state index in [1.54, 1.807) is 0 Å². The maximum absolute atomic E-state index is 13.2. The minimum Gasteiger partial charge on any atom is -0.484 e. The second-order valence-corrected chi connectivity index (χ2v) is 6.68. The van der Waals surface area contributed by atoms with Gasteiger partial charge < -0.3 is 4.74 Å². The molecule has 6 heteroatoms. The van der Waals surface area contributed by atoms with Crippen molar-refractivity contribution < 1.29 is 19.1 Å². The van der Waals surface area contributed by atoms with Crippen molar-refractivity contribution in [2.75, 3.05) is 14.1 Å². The van der Waals surface area contributed by atoms with Crippen LogP contribution in [0.15, 0.2) is 54.6 Å². The van der Waals surface area contributed by atoms with Crippen molar-refractivity contribution in [1.82, 2.24) is 9.80 Å². The Morgan fingerprint density at radius 1 is 0.885 bits per heavy atom. The number of hydrogen-bond acceptors (Lipinski definition) is 4. The second-order valence-electron chi connectivity index (χ2n) is 6.68. The Hall–Kier alpha value is -3.15. The Bertz CT molecular complexity index is 885. The fourth-order valence-corrected chi connectivity index (χ4v) is 3.83. The first-order chi connectivity index (χ1) is 12.5. The minimum atomic E-state index is -1.51. The van der Waals surface area contributed by atoms with Crippen LogP contribution in [0.1, 0.15) is 17.2 Å². The predicted molar refractivity (Wildman–Crippen MR) is 93.3 cm³/mol. The number of nitrogens with zero attached hydrogens (tertiary/aromatic N) is 2. The van der Waals surface area contributed by atoms with E-state index in [1.165, 1.54) is 14.1 Å². The summed E-state index contributed by atoms with van der Waals surface area (Å²) >= 11 is 0. The molecule has 4 amide bonds. The first-order valence-electron chi connectivity index (χ1n) is 8.36. The van der Waals surface area contributed by atoms with Gasteiger partial charge in [-0.2, -0.15) is 0 Å². The number of carbonyl (C=O) groups excluding carboxylic acids is 3. The molecule has 6 nitrogen and oxygen atoms in total. The highest BCUT2D eigenvalue weighted by atomic mass is 16.5. The van der Waals surface area contributed by atoms with Crippen LogP contribution in [0, 0.1) is 5.41 Å². The molecule has 0 saturated carbocycles. The highest BCUT2D eigenvalue weighted by molar-refractivity contribution is 6.19. The Labute approximate surface area is 151 Å². The fraction of sp³-hybridized carbons (Fsp3) is 0.250. The van der Waals surface area contributed by atoms with Crippen LogP contribution in [-0.4, -0.2) is 41.7 Å². The molecule has 0 N–H and O–H groups in total. The first kappa shape index (κ1) is 16.3. The van der Waals surface area contributed by atoms with Crippen LogP contribution in [0.25, 0.3) is 0 Å². The molecule has 4 rings (SSSR count). The van der Waals surface area contributed by atoms with Gasteiger partial charge in [0.25, 0.3) is 11.8 Å². The Morgan fingerprint density at radius 2 is 1.46 bits per heavy atom. The number of benzene rings is 2. The zero-order chi connectivity index (χ0) is 18.5. The van der Waals surface area contributed by atoms with Gasteiger partial charge in [-0.15, -0.1) is 0 Å². The van der Waals surface area contributed by atoms with Gasteiger partial charge in [-0.3, -0.25) is 19.4 Å². The Balaban J connectivity index is 1.94. The zero-order valence-corrected chi connectivity index (χ0v) is 14.5. The summed E-state index contributed by atoms with van der Waals surface area (Å²) in [5.74, 6) is -0.419. The van der Waals surface area contributed by atoms with Gasteiger partial charge in [-0.05, 0) is 17.2 Å². The van der Waals surface area contributed by atoms with Crippen molar-refractivity contribution in [1.29, 1.82) is 0 Å². The van der Waals surface area contributed by atoms with Gasteiger partial charge in [0.2, 0.25) is 0 Å². The standard InChI is InChI=1S/C20H18N2O4/c1-21-17(23)20(18(24)22(2)19(21)25)12-14-10-6-7-11-15(14)26-16(20)13-8-4-3-5-9-13/h3-11,16H,12H2,1-2H3/t16-/m1/s1. The quantitative estimate of drug-likeness (QED) is 0.741. The van der Waals surface area contributed by atoms with E-state index in [0.717, 1.165) is 20.9 Å². The molecule has 0 aliphatic carbocycles. The monoisotopic (exact) mass is 350 g/mol. The highest BCUT2D eigenvalue weighted by Gasteiger charge is 2.63. The number of rotatable bonds is 1. The van der Waals surface area contributed by atoms with Crippen molar-refractivity contribution in [3.05, 3.63) is 65.7 Å². The van der Waals surface area contributed by atoms with Crippen LogP contribution in [0.3, 0.4) is 0 Å². The van der Waals surface area contributed by atoms with Crippen LogP contribution in [0.5, 0.6) is 5.75 Å². The van der Waals surface area contributed by atoms with E-state index in [-0.39, 0.29) is 6.42 Å². The van der Waals surface area contributed by atoms with Gasteiger partial charge in [0.15, 0.2) is 5.41 Å². The van der Waals surface area contributed by atoms with Crippen molar-refractivity contribution in [3.8, 4) is 5.75 Å². The van der Waals surface area contributed by atoms with Crippen molar-refractivity contribution in [2.45, 2.75) is 12.5 Å². The maximum atomic E-state index is 13.2. The molecule has 0 unspecified atom stereocenters. The fourth-order valence-electron chi connectivity index (χ4n) is 3.83. The van der Waals surface area contributed by atoms with Crippen LogP contribution < -0.4 is 4.74 Å². The van der Waals surface area contributed by atoms with Crippen LogP contribution in [0.2, 0.25) is 0 Å². The van der Waals surface area contributed by atoms with Crippen molar-refractivity contribution in [3.63, 3.8) is 0 Å². The molecule has 2 aliphatic rings. The lowest BCUT2D eigenvalue weighted by molar-refractivity contribution is -0.166. The van der Waals surface area contributed by atoms with Gasteiger partial charge in [-0.25, -0.2) is 4.79 Å². The summed E-state index contributed by atoms with van der Waals surface area (Å²) in [5.41, 5.74) is -0.00925. The lowest BCUT2D eigenvalue weighted by Crippen LogP contribution is -2.67. The molecule has 2 aliphatic heterocycles. The summed E-state index contributed by atoms with van der Waals surface area (Å²) in [6.45, 7) is 0. The molecule has 1 atom stereocenters. The summed E-state index contributed by atoms with van der Waals surface area (Å²) in [7, 11) is 2.80. The summed E-state index contributed by atoms with van der Waals surface area (Å²) in [6.07, 6.45) is -0.626. The molecule has 0 bridgehead atoms. The smallest absolute Gasteiger partial charge is 0.332 e. The molecule has 0 aromatic heterocycles. The van der Waals surface area contributed by atoms with Gasteiger partial charge in [-0.1, -0.05) is 48.5 Å². The number of hydrogen-bond donors (Lipinski definition) is 0. The molecular formula is C20H18N2O4. The lowest BCUT2D eigenvalue weighted by Gasteiger charge is -2.47. The van der Waals surface area contributed by atoms with Crippen molar-refractivity contribution in [2.24, 2.45) is 5.41 Å². The number of para-hydroxylation sites is 1. The van der Waals surface area contributed by atoms with E-state index in [0.29, 0.717) is 5.75 Å². The third kappa shape index (κ3) is 2.08. The summed E-state index contributed by atoms with van der Waals surface area (Å²) in [6, 6.07) is 15.9. The lowest BCUT2D eigenvalue weighted by atomic mass is 9.69. The van der Waals surface area contributed by atoms with E-state index < -0.39 is 29.4 Å². The molecule has 1 fully saturated rings. The number of amides is 4. The van der Waals surface area contributed by atoms with Crippen LogP contribution in [0.4, 0.5) is 4.79 Å². The number of fused-ring (bicyclic) bond motifs is 1. The molecule has 2 aromatic carbocycles. The second kappa shape index (κ2) is 5.69. The third-order valence-electron chi connectivity index (χ3n) is 5.18. The molecule has 26 heavy (non-hydrogen) atoms. The summed E-state index contributed by atoms with van der Waals surface area (Å²) in [4.78, 5) is 40.7. The minimum absolute atomic E-state index is 0.183. The molecule has 0 radical (unpaired) electrons. The molecule has 2 aromatic rings. The average molecular weight is 350 g/mol. The van der Waals surface area contributed by atoms with Gasteiger partial charge in [0, 0.05) is 20.5 Å². The van der Waals surface area contributed by atoms with E-state index >= 15 is 0 Å². The number of urea groups is 1. The third-order valence-corrected chi connectivity index (χ3v) is 5.18. The number of barbiturate groups is 1. The van der Waals surface area contributed by atoms with E-state index in [1.807, 2.05) is 54.6 Å². The van der Waals surface area contributed by atoms with E-state index in [4.69, 9.17) is 4.74 Å². The summed E-state index contributed by atoms with van der Waals surface area (Å²) in [5, 5.41) is 0. The Morgan fingerprint density at radius 3 is 2.12 bits per heavy atom. The highest BCUT2D eigenvalue weighted by Crippen LogP contribution is 2.50. The van der Waals surface area contributed by atoms with Gasteiger partial charge in [0.1, 0.15) is 11.9 Å². The van der Waals surface area contributed by atoms with Crippen LogP contribution >= 0.6 is 0 Å². The van der Waals surface area contributed by atoms with Gasteiger partial charge in [0.05, 0.1) is 0 Å². The molecule has 1 saturated heterocycles. The number of ether oxygens (including phenoxy) is 1. The van der Waals surface area contributed by atoms with Crippen molar-refractivity contribution >= 4 is 17.8 Å². The predicted octanol–water partition coefficient (Wildman–Crippen LogP) is 2.40. The Kier molecular flexibility index (Phi) is 3.57. The van der Waals surface area contributed by atoms with Gasteiger partial charge >= 0.3 is 6.03 Å². The van der Waals surface area contributed by atoms with Crippen LogP contribution in [-0.2, 0) is 16.0 Å². The SMILES string of the molecule is CN1C(=O)N(C)C(=O)C2(Cc3ccccc3O[C@@H]2c2ccccc2)C1=O. The average Bonchev–Trinajstić information content (AvgIpc) is 2.69. The van der Waals surface area contributed by atoms with E-state index in [9.17, 15) is 14.4 Å². The summed E-state index contributed by atoms with van der Waals surface area (Å²) < 4.78 is 6.18. The topological polar surface area (TPSA) is 66.9 Å².